The molecule has 19 heavy (non-hydrogen) atoms. The number of nitrogens with two attached hydrogens (primary N) is 1. The highest BCUT2D eigenvalue weighted by molar-refractivity contribution is 5.43. The number of benzene rings is 2. The second-order valence-corrected chi connectivity index (χ2v) is 4.39. The summed E-state index contributed by atoms with van der Waals surface area (Å²) in [5.41, 5.74) is 8.18. The minimum Gasteiger partial charge on any atom is -0.320 e. The Morgan fingerprint density at radius 3 is 2.37 bits per heavy atom. The summed E-state index contributed by atoms with van der Waals surface area (Å²) in [6.45, 7) is 1.77. The molecule has 0 aliphatic rings. The van der Waals surface area contributed by atoms with Crippen LogP contribution in [-0.4, -0.2) is 4.92 Å². The van der Waals surface area contributed by atoms with Gasteiger partial charge in [-0.3, -0.25) is 10.1 Å². The van der Waals surface area contributed by atoms with Crippen molar-refractivity contribution in [2.24, 2.45) is 5.73 Å². The number of nitrogens with zero attached hydrogens (tertiary/aromatic N) is 1. The highest BCUT2D eigenvalue weighted by Gasteiger charge is 2.14. The van der Waals surface area contributed by atoms with Crippen molar-refractivity contribution >= 4 is 5.69 Å². The van der Waals surface area contributed by atoms with Crippen LogP contribution in [0.3, 0.4) is 0 Å². The fourth-order valence-electron chi connectivity index (χ4n) is 1.94. The lowest BCUT2D eigenvalue weighted by atomic mass is 9.97. The van der Waals surface area contributed by atoms with Crippen molar-refractivity contribution in [3.63, 3.8) is 0 Å². The Labute approximate surface area is 109 Å². The zero-order chi connectivity index (χ0) is 14.0. The van der Waals surface area contributed by atoms with Gasteiger partial charge >= 0.3 is 0 Å². The van der Waals surface area contributed by atoms with Crippen molar-refractivity contribution in [1.82, 2.24) is 0 Å². The molecule has 0 aliphatic carbocycles. The number of nitro benzene ring substituents is 1. The smallest absolute Gasteiger partial charge is 0.270 e. The molecule has 0 aromatic heterocycles. The van der Waals surface area contributed by atoms with Crippen LogP contribution in [0.5, 0.6) is 0 Å². The Balaban J connectivity index is 2.40. The van der Waals surface area contributed by atoms with E-state index in [4.69, 9.17) is 5.73 Å². The second kappa shape index (κ2) is 5.16. The Bertz CT molecular complexity index is 611. The number of non-ortho nitro benzene ring substituents is 1. The molecule has 0 radical (unpaired) electrons. The molecule has 0 spiro atoms. The zero-order valence-electron chi connectivity index (χ0n) is 10.3. The maximum atomic E-state index is 12.9. The Hall–Kier alpha value is -2.27. The molecule has 5 heteroatoms. The third kappa shape index (κ3) is 2.95. The number of rotatable bonds is 3. The van der Waals surface area contributed by atoms with Gasteiger partial charge in [0.05, 0.1) is 11.0 Å². The first-order valence-electron chi connectivity index (χ1n) is 5.74. The van der Waals surface area contributed by atoms with Crippen LogP contribution < -0.4 is 5.73 Å². The molecule has 0 fully saturated rings. The van der Waals surface area contributed by atoms with Gasteiger partial charge in [0.1, 0.15) is 5.82 Å². The highest BCUT2D eigenvalue weighted by Crippen LogP contribution is 2.25. The predicted octanol–water partition coefficient (Wildman–Crippen LogP) is 3.09. The van der Waals surface area contributed by atoms with Crippen LogP contribution >= 0.6 is 0 Å². The monoisotopic (exact) mass is 260 g/mol. The average Bonchev–Trinajstić information content (AvgIpc) is 2.38. The summed E-state index contributed by atoms with van der Waals surface area (Å²) < 4.78 is 12.9. The molecule has 4 nitrogen and oxygen atoms in total. The SMILES string of the molecule is Cc1cc(C(N)c2ccc(F)cc2)cc([N+](=O)[O-])c1. The standard InChI is InChI=1S/C14H13FN2O2/c1-9-6-11(8-13(7-9)17(18)19)14(16)10-2-4-12(15)5-3-10/h2-8,14H,16H2,1H3. The molecule has 2 aromatic carbocycles. The predicted molar refractivity (Wildman–Crippen MR) is 70.3 cm³/mol. The van der Waals surface area contributed by atoms with Crippen molar-refractivity contribution in [2.45, 2.75) is 13.0 Å². The van der Waals surface area contributed by atoms with Crippen molar-refractivity contribution in [3.8, 4) is 0 Å². The van der Waals surface area contributed by atoms with E-state index in [1.807, 2.05) is 0 Å². The lowest BCUT2D eigenvalue weighted by molar-refractivity contribution is -0.385. The molecule has 2 rings (SSSR count). The van der Waals surface area contributed by atoms with Gasteiger partial charge in [-0.1, -0.05) is 18.2 Å². The summed E-state index contributed by atoms with van der Waals surface area (Å²) in [6, 6.07) is 10.0. The molecule has 1 unspecified atom stereocenters. The molecule has 1 atom stereocenters. The van der Waals surface area contributed by atoms with Gasteiger partial charge in [-0.2, -0.15) is 0 Å². The molecule has 0 aliphatic heterocycles. The summed E-state index contributed by atoms with van der Waals surface area (Å²) in [7, 11) is 0. The Morgan fingerprint density at radius 1 is 1.16 bits per heavy atom. The van der Waals surface area contributed by atoms with E-state index < -0.39 is 11.0 Å². The number of halogens is 1. The summed E-state index contributed by atoms with van der Waals surface area (Å²) in [5.74, 6) is -0.342. The third-order valence-electron chi connectivity index (χ3n) is 2.88. The minimum absolute atomic E-state index is 0.00700. The minimum atomic E-state index is -0.515. The molecule has 0 saturated heterocycles. The molecular weight excluding hydrogens is 247 g/mol. The van der Waals surface area contributed by atoms with Gasteiger partial charge in [0.25, 0.3) is 5.69 Å². The van der Waals surface area contributed by atoms with Crippen LogP contribution in [0.15, 0.2) is 42.5 Å². The quantitative estimate of drug-likeness (QED) is 0.681. The van der Waals surface area contributed by atoms with Gasteiger partial charge in [0, 0.05) is 12.1 Å². The van der Waals surface area contributed by atoms with Crippen LogP contribution in [-0.2, 0) is 0 Å². The summed E-state index contributed by atoms with van der Waals surface area (Å²) in [5, 5.41) is 10.8. The van der Waals surface area contributed by atoms with Crippen molar-refractivity contribution < 1.29 is 9.31 Å². The van der Waals surface area contributed by atoms with Crippen molar-refractivity contribution in [2.75, 3.05) is 0 Å². The van der Waals surface area contributed by atoms with E-state index in [2.05, 4.69) is 0 Å². The van der Waals surface area contributed by atoms with Crippen LogP contribution in [0.25, 0.3) is 0 Å². The normalized spacial score (nSPS) is 12.2. The van der Waals surface area contributed by atoms with Gasteiger partial charge in [-0.05, 0) is 35.7 Å². The maximum absolute atomic E-state index is 12.9. The molecule has 0 bridgehead atoms. The molecule has 98 valence electrons. The van der Waals surface area contributed by atoms with E-state index in [-0.39, 0.29) is 11.5 Å². The van der Waals surface area contributed by atoms with E-state index >= 15 is 0 Å². The first kappa shape index (κ1) is 13.2. The molecule has 0 saturated carbocycles. The van der Waals surface area contributed by atoms with Gasteiger partial charge < -0.3 is 5.73 Å². The molecule has 0 amide bonds. The fourth-order valence-corrected chi connectivity index (χ4v) is 1.94. The molecule has 0 heterocycles. The fraction of sp³-hybridized carbons (Fsp3) is 0.143. The van der Waals surface area contributed by atoms with Gasteiger partial charge in [-0.25, -0.2) is 4.39 Å². The van der Waals surface area contributed by atoms with Crippen LogP contribution in [0.4, 0.5) is 10.1 Å². The van der Waals surface area contributed by atoms with Gasteiger partial charge in [0.15, 0.2) is 0 Å². The lowest BCUT2D eigenvalue weighted by Crippen LogP contribution is -2.12. The van der Waals surface area contributed by atoms with Crippen LogP contribution in [0.2, 0.25) is 0 Å². The third-order valence-corrected chi connectivity index (χ3v) is 2.88. The van der Waals surface area contributed by atoms with E-state index in [0.717, 1.165) is 5.56 Å². The second-order valence-electron chi connectivity index (χ2n) is 4.39. The number of hydrogen-bond donors (Lipinski definition) is 1. The number of hydrogen-bond acceptors (Lipinski definition) is 3. The lowest BCUT2D eigenvalue weighted by Gasteiger charge is -2.13. The average molecular weight is 260 g/mol. The maximum Gasteiger partial charge on any atom is 0.270 e. The van der Waals surface area contributed by atoms with E-state index in [9.17, 15) is 14.5 Å². The number of aryl methyl sites for hydroxylation is 1. The largest absolute Gasteiger partial charge is 0.320 e. The van der Waals surface area contributed by atoms with Gasteiger partial charge in [-0.15, -0.1) is 0 Å². The van der Waals surface area contributed by atoms with E-state index in [0.29, 0.717) is 11.1 Å². The van der Waals surface area contributed by atoms with Crippen LogP contribution in [0.1, 0.15) is 22.7 Å². The summed E-state index contributed by atoms with van der Waals surface area (Å²) in [4.78, 5) is 10.4. The van der Waals surface area contributed by atoms with E-state index in [1.165, 1.54) is 24.3 Å². The first-order chi connectivity index (χ1) is 8.97. The van der Waals surface area contributed by atoms with E-state index in [1.54, 1.807) is 25.1 Å². The number of nitro groups is 1. The first-order valence-corrected chi connectivity index (χ1v) is 5.74. The van der Waals surface area contributed by atoms with Crippen molar-refractivity contribution in [3.05, 3.63) is 75.1 Å². The highest BCUT2D eigenvalue weighted by atomic mass is 19.1. The Kier molecular flexibility index (Phi) is 3.57. The van der Waals surface area contributed by atoms with Crippen molar-refractivity contribution in [1.29, 1.82) is 0 Å². The zero-order valence-corrected chi connectivity index (χ0v) is 10.3. The molecular formula is C14H13FN2O2. The summed E-state index contributed by atoms with van der Waals surface area (Å²) >= 11 is 0. The summed E-state index contributed by atoms with van der Waals surface area (Å²) in [6.07, 6.45) is 0. The molecule has 2 aromatic rings. The molecule has 2 N–H and O–H groups in total. The van der Waals surface area contributed by atoms with Gasteiger partial charge in [0.2, 0.25) is 0 Å². The Morgan fingerprint density at radius 2 is 1.79 bits per heavy atom. The van der Waals surface area contributed by atoms with Crippen LogP contribution in [0, 0.1) is 22.9 Å². The topological polar surface area (TPSA) is 69.2 Å².